The molecule has 0 radical (unpaired) electrons. The van der Waals surface area contributed by atoms with Gasteiger partial charge in [0.2, 0.25) is 5.95 Å². The van der Waals surface area contributed by atoms with Crippen molar-refractivity contribution in [2.45, 2.75) is 19.9 Å². The minimum Gasteiger partial charge on any atom is -0.440 e. The minimum atomic E-state index is -0.326. The average Bonchev–Trinajstić information content (AvgIpc) is 3.75. The number of hydrogen-bond acceptors (Lipinski definition) is 7. The van der Waals surface area contributed by atoms with E-state index in [1.165, 1.54) is 17.4 Å². The first-order valence-corrected chi connectivity index (χ1v) is 14.0. The number of oxazole rings is 1. The number of imidazole rings is 1. The molecule has 0 saturated carbocycles. The molecule has 2 aromatic carbocycles. The molecule has 0 spiro atoms. The number of nitrogens with zero attached hydrogens (tertiary/aromatic N) is 4. The number of anilines is 2. The second-order valence-electron chi connectivity index (χ2n) is 9.64. The van der Waals surface area contributed by atoms with E-state index in [1.54, 1.807) is 55.7 Å². The molecule has 0 atom stereocenters. The van der Waals surface area contributed by atoms with E-state index in [0.29, 0.717) is 57.8 Å². The van der Waals surface area contributed by atoms with Crippen LogP contribution >= 0.6 is 11.3 Å². The van der Waals surface area contributed by atoms with Gasteiger partial charge in [0.1, 0.15) is 0 Å². The highest BCUT2D eigenvalue weighted by atomic mass is 32.1. The van der Waals surface area contributed by atoms with Crippen LogP contribution in [0, 0.1) is 6.92 Å². The zero-order valence-electron chi connectivity index (χ0n) is 22.8. The molecule has 210 valence electrons. The van der Waals surface area contributed by atoms with Gasteiger partial charge in [0, 0.05) is 55.8 Å². The molecule has 0 fully saturated rings. The first kappa shape index (κ1) is 26.9. The van der Waals surface area contributed by atoms with Crippen LogP contribution in [0.5, 0.6) is 0 Å². The predicted molar refractivity (Wildman–Crippen MR) is 162 cm³/mol. The molecule has 0 aliphatic carbocycles. The molecule has 4 heterocycles. The quantitative estimate of drug-likeness (QED) is 0.245. The van der Waals surface area contributed by atoms with Crippen LogP contribution in [0.1, 0.15) is 31.5 Å². The number of aromatic amines is 1. The first-order valence-electron chi connectivity index (χ1n) is 13.2. The molecule has 10 nitrogen and oxygen atoms in total. The number of carbonyl (C=O) groups is 2. The third kappa shape index (κ3) is 5.37. The summed E-state index contributed by atoms with van der Waals surface area (Å²) in [6, 6.07) is 19.6. The molecule has 6 rings (SSSR count). The highest BCUT2D eigenvalue weighted by Crippen LogP contribution is 2.30. The number of H-pyrrole nitrogens is 1. The van der Waals surface area contributed by atoms with Crippen molar-refractivity contribution in [1.29, 1.82) is 0 Å². The average molecular weight is 579 g/mol. The number of carbonyl (C=O) groups excluding carboxylic acids is 2. The highest BCUT2D eigenvalue weighted by molar-refractivity contribution is 7.17. The summed E-state index contributed by atoms with van der Waals surface area (Å²) in [5.74, 6) is 1.00. The topological polar surface area (TPSA) is 126 Å². The zero-order chi connectivity index (χ0) is 29.2. The van der Waals surface area contributed by atoms with E-state index in [4.69, 9.17) is 9.40 Å². The monoisotopic (exact) mass is 578 g/mol. The van der Waals surface area contributed by atoms with Crippen LogP contribution in [0.3, 0.4) is 0 Å². The molecular formula is C31H26N6O4S. The summed E-state index contributed by atoms with van der Waals surface area (Å²) in [4.78, 5) is 53.4. The largest absolute Gasteiger partial charge is 0.440 e. The smallest absolute Gasteiger partial charge is 0.268 e. The van der Waals surface area contributed by atoms with Crippen LogP contribution in [0.4, 0.5) is 11.6 Å². The maximum Gasteiger partial charge on any atom is 0.268 e. The van der Waals surface area contributed by atoms with E-state index in [-0.39, 0.29) is 17.2 Å². The molecule has 0 unspecified atom stereocenters. The zero-order valence-corrected chi connectivity index (χ0v) is 23.6. The number of benzene rings is 2. The van der Waals surface area contributed by atoms with Gasteiger partial charge in [0.25, 0.3) is 11.8 Å². The number of amides is 2. The fraction of sp³-hybridized carbons (Fsp3) is 0.129. The fourth-order valence-electron chi connectivity index (χ4n) is 4.65. The molecule has 0 aliphatic rings. The summed E-state index contributed by atoms with van der Waals surface area (Å²) >= 11 is 1.29. The van der Waals surface area contributed by atoms with Crippen molar-refractivity contribution in [2.75, 3.05) is 17.3 Å². The van der Waals surface area contributed by atoms with Crippen LogP contribution in [-0.4, -0.2) is 38.4 Å². The maximum atomic E-state index is 13.3. The maximum absolute atomic E-state index is 13.3. The van der Waals surface area contributed by atoms with E-state index in [0.717, 1.165) is 10.4 Å². The molecule has 11 heteroatoms. The summed E-state index contributed by atoms with van der Waals surface area (Å²) in [5, 5.41) is 2.95. The Morgan fingerprint density at radius 2 is 1.93 bits per heavy atom. The Kier molecular flexibility index (Phi) is 7.24. The standard InChI is InChI=1S/C31H26N6O4S/c1-19-33-18-26(41-19)27-10-11-28(42-27)29(39)35-31-34-23-16-22(36(2)30(40)20-6-4-3-5-7-20)8-9-24(23)37(31)15-13-21-17-32-14-12-25(21)38/h3-12,14,16-18H,13,15H2,1-2H3,(H,32,38)(H,34,35,39). The van der Waals surface area contributed by atoms with Crippen LogP contribution in [0.2, 0.25) is 0 Å². The van der Waals surface area contributed by atoms with Gasteiger partial charge in [0.05, 0.1) is 27.0 Å². The van der Waals surface area contributed by atoms with Crippen LogP contribution in [0.25, 0.3) is 21.7 Å². The predicted octanol–water partition coefficient (Wildman–Crippen LogP) is 5.52. The molecule has 0 aliphatic heterocycles. The SMILES string of the molecule is Cc1ncc(-c2ccc(C(=O)Nc3nc4cc(N(C)C(=O)c5ccccc5)ccc4n3CCc3c[nH]ccc3=O)s2)o1. The summed E-state index contributed by atoms with van der Waals surface area (Å²) in [7, 11) is 1.71. The number of thiophene rings is 1. The Hall–Kier alpha value is -5.29. The van der Waals surface area contributed by atoms with Crippen LogP contribution < -0.4 is 15.6 Å². The Morgan fingerprint density at radius 1 is 1.10 bits per heavy atom. The molecule has 2 amide bonds. The Bertz CT molecular complexity index is 1970. The van der Waals surface area contributed by atoms with Gasteiger partial charge in [-0.3, -0.25) is 19.7 Å². The Balaban J connectivity index is 1.32. The minimum absolute atomic E-state index is 0.0686. The summed E-state index contributed by atoms with van der Waals surface area (Å²) in [6.07, 6.45) is 5.33. The van der Waals surface area contributed by atoms with E-state index >= 15 is 0 Å². The third-order valence-electron chi connectivity index (χ3n) is 6.87. The Morgan fingerprint density at radius 3 is 2.69 bits per heavy atom. The number of fused-ring (bicyclic) bond motifs is 1. The molecular weight excluding hydrogens is 552 g/mol. The Labute approximate surface area is 244 Å². The van der Waals surface area contributed by atoms with Crippen molar-refractivity contribution < 1.29 is 14.0 Å². The first-order chi connectivity index (χ1) is 20.4. The summed E-state index contributed by atoms with van der Waals surface area (Å²) < 4.78 is 7.47. The molecule has 6 aromatic rings. The number of rotatable bonds is 8. The third-order valence-corrected chi connectivity index (χ3v) is 7.97. The van der Waals surface area contributed by atoms with E-state index < -0.39 is 0 Å². The number of pyridine rings is 1. The van der Waals surface area contributed by atoms with E-state index in [2.05, 4.69) is 15.3 Å². The van der Waals surface area contributed by atoms with Crippen molar-refractivity contribution in [2.24, 2.45) is 0 Å². The van der Waals surface area contributed by atoms with Crippen molar-refractivity contribution in [3.05, 3.63) is 117 Å². The molecule has 2 N–H and O–H groups in total. The van der Waals surface area contributed by atoms with Crippen LogP contribution in [0.15, 0.2) is 94.5 Å². The van der Waals surface area contributed by atoms with Gasteiger partial charge in [-0.05, 0) is 48.9 Å². The van der Waals surface area contributed by atoms with E-state index in [1.807, 2.05) is 47.0 Å². The van der Waals surface area contributed by atoms with Gasteiger partial charge in [-0.15, -0.1) is 11.3 Å². The lowest BCUT2D eigenvalue weighted by Gasteiger charge is -2.17. The number of nitrogens with one attached hydrogen (secondary N) is 2. The lowest BCUT2D eigenvalue weighted by atomic mass is 10.2. The fourth-order valence-corrected chi connectivity index (χ4v) is 5.50. The van der Waals surface area contributed by atoms with Gasteiger partial charge >= 0.3 is 0 Å². The lowest BCUT2D eigenvalue weighted by Crippen LogP contribution is -2.26. The molecule has 42 heavy (non-hydrogen) atoms. The number of aromatic nitrogens is 4. The summed E-state index contributed by atoms with van der Waals surface area (Å²) in [6.45, 7) is 2.16. The van der Waals surface area contributed by atoms with Gasteiger partial charge in [0.15, 0.2) is 17.1 Å². The molecule has 4 aromatic heterocycles. The van der Waals surface area contributed by atoms with Crippen molar-refractivity contribution in [1.82, 2.24) is 19.5 Å². The van der Waals surface area contributed by atoms with Crippen molar-refractivity contribution >= 4 is 45.8 Å². The second kappa shape index (κ2) is 11.3. The van der Waals surface area contributed by atoms with Crippen LogP contribution in [-0.2, 0) is 13.0 Å². The normalized spacial score (nSPS) is 11.1. The lowest BCUT2D eigenvalue weighted by molar-refractivity contribution is 0.0991. The van der Waals surface area contributed by atoms with Gasteiger partial charge in [-0.2, -0.15) is 0 Å². The van der Waals surface area contributed by atoms with Gasteiger partial charge in [-0.25, -0.2) is 9.97 Å². The van der Waals surface area contributed by atoms with Crippen molar-refractivity contribution in [3.63, 3.8) is 0 Å². The summed E-state index contributed by atoms with van der Waals surface area (Å²) in [5.41, 5.74) is 3.13. The number of hydrogen-bond donors (Lipinski definition) is 2. The van der Waals surface area contributed by atoms with Gasteiger partial charge in [-0.1, -0.05) is 18.2 Å². The highest BCUT2D eigenvalue weighted by Gasteiger charge is 2.20. The second-order valence-corrected chi connectivity index (χ2v) is 10.7. The van der Waals surface area contributed by atoms with Crippen molar-refractivity contribution in [3.8, 4) is 10.6 Å². The number of aryl methyl sites for hydroxylation is 3. The van der Waals surface area contributed by atoms with Gasteiger partial charge < -0.3 is 18.9 Å². The molecule has 0 saturated heterocycles. The van der Waals surface area contributed by atoms with E-state index in [9.17, 15) is 14.4 Å². The molecule has 0 bridgehead atoms.